The van der Waals surface area contributed by atoms with Crippen molar-refractivity contribution in [1.29, 1.82) is 0 Å². The summed E-state index contributed by atoms with van der Waals surface area (Å²) in [6.07, 6.45) is 0. The highest BCUT2D eigenvalue weighted by atomic mass is 32.2. The predicted molar refractivity (Wildman–Crippen MR) is 102 cm³/mol. The molecule has 4 aromatic heterocycles. The van der Waals surface area contributed by atoms with Crippen LogP contribution in [0, 0.1) is 6.92 Å². The number of nitrogens with zero attached hydrogens (tertiary/aromatic N) is 5. The zero-order valence-electron chi connectivity index (χ0n) is 13.8. The van der Waals surface area contributed by atoms with Crippen LogP contribution in [0.25, 0.3) is 27.3 Å². The standard InChI is InChI=1S/C18H13N5OS2/c1-11-9-15-20-21-18(23(15)13-6-3-2-5-12(11)13)26-10-16-19-17(22-24-16)14-7-4-8-25-14/h2-9H,10H2,1H3. The number of fused-ring (bicyclic) bond motifs is 3. The highest BCUT2D eigenvalue weighted by Crippen LogP contribution is 2.28. The third-order valence-corrected chi connectivity index (χ3v) is 5.89. The summed E-state index contributed by atoms with van der Waals surface area (Å²) in [6.45, 7) is 2.09. The Morgan fingerprint density at radius 2 is 2.08 bits per heavy atom. The smallest absolute Gasteiger partial charge is 0.237 e. The number of benzene rings is 1. The molecule has 0 fully saturated rings. The molecule has 0 saturated heterocycles. The Morgan fingerprint density at radius 1 is 1.15 bits per heavy atom. The van der Waals surface area contributed by atoms with Crippen molar-refractivity contribution in [2.75, 3.05) is 0 Å². The molecule has 8 heteroatoms. The van der Waals surface area contributed by atoms with Gasteiger partial charge in [0.2, 0.25) is 11.7 Å². The van der Waals surface area contributed by atoms with Crippen molar-refractivity contribution in [1.82, 2.24) is 24.7 Å². The minimum Gasteiger partial charge on any atom is -0.338 e. The van der Waals surface area contributed by atoms with E-state index in [-0.39, 0.29) is 0 Å². The summed E-state index contributed by atoms with van der Waals surface area (Å²) in [5.41, 5.74) is 3.13. The molecule has 128 valence electrons. The molecule has 0 atom stereocenters. The largest absolute Gasteiger partial charge is 0.338 e. The molecule has 4 heterocycles. The van der Waals surface area contributed by atoms with E-state index in [1.807, 2.05) is 29.6 Å². The highest BCUT2D eigenvalue weighted by molar-refractivity contribution is 7.98. The lowest BCUT2D eigenvalue weighted by atomic mass is 10.1. The van der Waals surface area contributed by atoms with Gasteiger partial charge in [0.05, 0.1) is 16.1 Å². The van der Waals surface area contributed by atoms with Crippen LogP contribution in [0.15, 0.2) is 57.5 Å². The fourth-order valence-electron chi connectivity index (χ4n) is 2.91. The van der Waals surface area contributed by atoms with E-state index in [2.05, 4.69) is 49.9 Å². The van der Waals surface area contributed by atoms with Gasteiger partial charge in [0.15, 0.2) is 10.8 Å². The molecule has 0 spiro atoms. The second kappa shape index (κ2) is 6.22. The van der Waals surface area contributed by atoms with Gasteiger partial charge in [0.1, 0.15) is 0 Å². The van der Waals surface area contributed by atoms with Crippen LogP contribution < -0.4 is 0 Å². The lowest BCUT2D eigenvalue weighted by Crippen LogP contribution is -1.93. The average molecular weight is 379 g/mol. The van der Waals surface area contributed by atoms with Gasteiger partial charge in [-0.2, -0.15) is 4.98 Å². The Kier molecular flexibility index (Phi) is 3.72. The van der Waals surface area contributed by atoms with Crippen LogP contribution >= 0.6 is 23.1 Å². The summed E-state index contributed by atoms with van der Waals surface area (Å²) in [5.74, 6) is 1.75. The van der Waals surface area contributed by atoms with E-state index in [0.717, 1.165) is 21.2 Å². The number of aryl methyl sites for hydroxylation is 1. The lowest BCUT2D eigenvalue weighted by Gasteiger charge is -2.06. The van der Waals surface area contributed by atoms with E-state index >= 15 is 0 Å². The number of aromatic nitrogens is 5. The number of hydrogen-bond acceptors (Lipinski definition) is 7. The summed E-state index contributed by atoms with van der Waals surface area (Å²) < 4.78 is 7.45. The van der Waals surface area contributed by atoms with Gasteiger partial charge in [-0.05, 0) is 36.1 Å². The number of rotatable bonds is 4. The van der Waals surface area contributed by atoms with Crippen LogP contribution in [-0.4, -0.2) is 24.7 Å². The Labute approximate surface area is 156 Å². The molecule has 0 aliphatic heterocycles. The molecule has 26 heavy (non-hydrogen) atoms. The molecule has 0 N–H and O–H groups in total. The first-order chi connectivity index (χ1) is 12.8. The number of thiophene rings is 1. The molecule has 0 aliphatic rings. The maximum atomic E-state index is 5.37. The van der Waals surface area contributed by atoms with Crippen molar-refractivity contribution >= 4 is 39.6 Å². The van der Waals surface area contributed by atoms with Gasteiger partial charge in [-0.1, -0.05) is 41.2 Å². The van der Waals surface area contributed by atoms with E-state index in [9.17, 15) is 0 Å². The molecular formula is C18H13N5OS2. The van der Waals surface area contributed by atoms with E-state index in [1.54, 1.807) is 11.3 Å². The zero-order valence-corrected chi connectivity index (χ0v) is 15.4. The normalized spacial score (nSPS) is 11.6. The zero-order chi connectivity index (χ0) is 17.5. The SMILES string of the molecule is Cc1cc2nnc(SCc3nc(-c4cccs4)no3)n2c2ccccc12. The lowest BCUT2D eigenvalue weighted by molar-refractivity contribution is 0.391. The molecule has 0 unspecified atom stereocenters. The summed E-state index contributed by atoms with van der Waals surface area (Å²) >= 11 is 3.13. The van der Waals surface area contributed by atoms with Gasteiger partial charge < -0.3 is 4.52 Å². The Balaban J connectivity index is 1.48. The first-order valence-corrected chi connectivity index (χ1v) is 9.89. The van der Waals surface area contributed by atoms with Crippen molar-refractivity contribution in [3.63, 3.8) is 0 Å². The molecule has 0 bridgehead atoms. The molecule has 0 radical (unpaired) electrons. The fourth-order valence-corrected chi connectivity index (χ4v) is 4.35. The molecule has 0 aliphatic carbocycles. The van der Waals surface area contributed by atoms with Crippen LogP contribution in [-0.2, 0) is 5.75 Å². The molecule has 6 nitrogen and oxygen atoms in total. The summed E-state index contributed by atoms with van der Waals surface area (Å²) in [7, 11) is 0. The van der Waals surface area contributed by atoms with Gasteiger partial charge in [-0.15, -0.1) is 21.5 Å². The Morgan fingerprint density at radius 3 is 2.96 bits per heavy atom. The monoisotopic (exact) mass is 379 g/mol. The van der Waals surface area contributed by atoms with Gasteiger partial charge in [0.25, 0.3) is 0 Å². The third kappa shape index (κ3) is 2.58. The number of hydrogen-bond donors (Lipinski definition) is 0. The van der Waals surface area contributed by atoms with Crippen LogP contribution in [0.1, 0.15) is 11.5 Å². The molecule has 1 aromatic carbocycles. The van der Waals surface area contributed by atoms with E-state index < -0.39 is 0 Å². The predicted octanol–water partition coefficient (Wildman–Crippen LogP) is 4.59. The quantitative estimate of drug-likeness (QED) is 0.425. The maximum absolute atomic E-state index is 5.37. The minimum atomic E-state index is 0.543. The first-order valence-electron chi connectivity index (χ1n) is 8.02. The number of thioether (sulfide) groups is 1. The first kappa shape index (κ1) is 15.5. The Hall–Kier alpha value is -2.71. The van der Waals surface area contributed by atoms with Gasteiger partial charge in [0, 0.05) is 5.39 Å². The summed E-state index contributed by atoms with van der Waals surface area (Å²) in [4.78, 5) is 5.46. The molecule has 5 aromatic rings. The second-order valence-corrected chi connectivity index (χ2v) is 7.69. The fraction of sp³-hybridized carbons (Fsp3) is 0.111. The summed E-state index contributed by atoms with van der Waals surface area (Å²) in [6, 6.07) is 14.3. The van der Waals surface area contributed by atoms with Gasteiger partial charge in [-0.3, -0.25) is 4.40 Å². The molecule has 0 saturated carbocycles. The Bertz CT molecular complexity index is 1210. The van der Waals surface area contributed by atoms with E-state index in [0.29, 0.717) is 17.5 Å². The highest BCUT2D eigenvalue weighted by Gasteiger charge is 2.14. The van der Waals surface area contributed by atoms with Crippen molar-refractivity contribution in [2.24, 2.45) is 0 Å². The van der Waals surface area contributed by atoms with E-state index in [1.165, 1.54) is 22.7 Å². The average Bonchev–Trinajstić information content (AvgIpc) is 3.40. The topological polar surface area (TPSA) is 69.1 Å². The molecular weight excluding hydrogens is 366 g/mol. The molecule has 5 rings (SSSR count). The van der Waals surface area contributed by atoms with Crippen molar-refractivity contribution in [3.05, 3.63) is 59.3 Å². The van der Waals surface area contributed by atoms with E-state index in [4.69, 9.17) is 4.52 Å². The number of pyridine rings is 1. The van der Waals surface area contributed by atoms with Crippen molar-refractivity contribution in [2.45, 2.75) is 17.8 Å². The number of para-hydroxylation sites is 1. The van der Waals surface area contributed by atoms with Gasteiger partial charge in [-0.25, -0.2) is 0 Å². The van der Waals surface area contributed by atoms with Crippen LogP contribution in [0.2, 0.25) is 0 Å². The van der Waals surface area contributed by atoms with Gasteiger partial charge >= 0.3 is 0 Å². The minimum absolute atomic E-state index is 0.543. The van der Waals surface area contributed by atoms with Crippen LogP contribution in [0.4, 0.5) is 0 Å². The van der Waals surface area contributed by atoms with Crippen LogP contribution in [0.5, 0.6) is 0 Å². The maximum Gasteiger partial charge on any atom is 0.237 e. The second-order valence-electron chi connectivity index (χ2n) is 5.80. The van der Waals surface area contributed by atoms with Crippen molar-refractivity contribution in [3.8, 4) is 10.7 Å². The molecule has 0 amide bonds. The summed E-state index contributed by atoms with van der Waals surface area (Å²) in [5, 5.41) is 16.7. The van der Waals surface area contributed by atoms with Crippen LogP contribution in [0.3, 0.4) is 0 Å². The van der Waals surface area contributed by atoms with Crippen molar-refractivity contribution < 1.29 is 4.52 Å². The third-order valence-electron chi connectivity index (χ3n) is 4.11.